The lowest BCUT2D eigenvalue weighted by atomic mass is 10.2. The number of benzene rings is 2. The molecule has 0 fully saturated rings. The highest BCUT2D eigenvalue weighted by Gasteiger charge is 2.21. The second kappa shape index (κ2) is 8.75. The molecule has 140 valence electrons. The SMILES string of the molecule is CCN(CC)S(=O)(=O)c1ccc(CNC(=O)c2cc(Br)ccc2F)cc1. The van der Waals surface area contributed by atoms with Crippen LogP contribution < -0.4 is 5.32 Å². The van der Waals surface area contributed by atoms with E-state index in [4.69, 9.17) is 0 Å². The number of hydrogen-bond acceptors (Lipinski definition) is 3. The monoisotopic (exact) mass is 442 g/mol. The third-order valence-corrected chi connectivity index (χ3v) is 6.45. The van der Waals surface area contributed by atoms with Crippen LogP contribution in [0, 0.1) is 5.82 Å². The lowest BCUT2D eigenvalue weighted by Gasteiger charge is -2.18. The summed E-state index contributed by atoms with van der Waals surface area (Å²) in [5.74, 6) is -1.14. The minimum absolute atomic E-state index is 0.0555. The van der Waals surface area contributed by atoms with Gasteiger partial charge >= 0.3 is 0 Å². The Morgan fingerprint density at radius 3 is 2.31 bits per heavy atom. The normalized spacial score (nSPS) is 11.6. The number of amides is 1. The number of hydrogen-bond donors (Lipinski definition) is 1. The maximum Gasteiger partial charge on any atom is 0.254 e. The Morgan fingerprint density at radius 1 is 1.12 bits per heavy atom. The summed E-state index contributed by atoms with van der Waals surface area (Å²) in [7, 11) is -3.51. The Labute approximate surface area is 161 Å². The summed E-state index contributed by atoms with van der Waals surface area (Å²) in [5, 5.41) is 2.63. The Kier molecular flexibility index (Phi) is 6.91. The molecule has 2 rings (SSSR count). The highest BCUT2D eigenvalue weighted by Crippen LogP contribution is 2.17. The van der Waals surface area contributed by atoms with Crippen LogP contribution in [0.4, 0.5) is 4.39 Å². The largest absolute Gasteiger partial charge is 0.348 e. The number of sulfonamides is 1. The topological polar surface area (TPSA) is 66.5 Å². The minimum atomic E-state index is -3.51. The molecule has 0 radical (unpaired) electrons. The first-order valence-corrected chi connectivity index (χ1v) is 10.3. The van der Waals surface area contributed by atoms with Gasteiger partial charge in [-0.3, -0.25) is 4.79 Å². The summed E-state index contributed by atoms with van der Waals surface area (Å²) < 4.78 is 40.6. The predicted molar refractivity (Wildman–Crippen MR) is 102 cm³/mol. The van der Waals surface area contributed by atoms with Gasteiger partial charge < -0.3 is 5.32 Å². The van der Waals surface area contributed by atoms with Gasteiger partial charge in [0.25, 0.3) is 5.91 Å². The van der Waals surface area contributed by atoms with E-state index in [0.717, 1.165) is 0 Å². The van der Waals surface area contributed by atoms with E-state index in [1.54, 1.807) is 26.0 Å². The number of carbonyl (C=O) groups is 1. The summed E-state index contributed by atoms with van der Waals surface area (Å²) in [4.78, 5) is 12.3. The van der Waals surface area contributed by atoms with Crippen molar-refractivity contribution in [3.05, 3.63) is 63.9 Å². The van der Waals surface area contributed by atoms with E-state index in [0.29, 0.717) is 23.1 Å². The molecule has 2 aromatic rings. The fourth-order valence-electron chi connectivity index (χ4n) is 2.44. The maximum atomic E-state index is 13.7. The summed E-state index contributed by atoms with van der Waals surface area (Å²) in [6.07, 6.45) is 0. The number of halogens is 2. The van der Waals surface area contributed by atoms with Crippen LogP contribution in [0.5, 0.6) is 0 Å². The van der Waals surface area contributed by atoms with E-state index in [2.05, 4.69) is 21.2 Å². The van der Waals surface area contributed by atoms with Crippen molar-refractivity contribution in [2.24, 2.45) is 0 Å². The van der Waals surface area contributed by atoms with Crippen LogP contribution in [0.3, 0.4) is 0 Å². The molecule has 0 heterocycles. The standard InChI is InChI=1S/C18H20BrFN2O3S/c1-3-22(4-2)26(24,25)15-8-5-13(6-9-15)12-21-18(23)16-11-14(19)7-10-17(16)20/h5-11H,3-4,12H2,1-2H3,(H,21,23). The number of nitrogens with one attached hydrogen (secondary N) is 1. The van der Waals surface area contributed by atoms with E-state index >= 15 is 0 Å². The van der Waals surface area contributed by atoms with Gasteiger partial charge in [0.1, 0.15) is 5.82 Å². The molecule has 0 spiro atoms. The molecule has 0 saturated carbocycles. The first-order valence-electron chi connectivity index (χ1n) is 8.12. The number of nitrogens with zero attached hydrogens (tertiary/aromatic N) is 1. The van der Waals surface area contributed by atoms with E-state index in [9.17, 15) is 17.6 Å². The molecule has 0 unspecified atom stereocenters. The van der Waals surface area contributed by atoms with Crippen molar-refractivity contribution in [2.45, 2.75) is 25.3 Å². The Morgan fingerprint density at radius 2 is 1.73 bits per heavy atom. The van der Waals surface area contributed by atoms with E-state index in [1.165, 1.54) is 34.6 Å². The minimum Gasteiger partial charge on any atom is -0.348 e. The zero-order valence-corrected chi connectivity index (χ0v) is 16.9. The van der Waals surface area contributed by atoms with Crippen LogP contribution in [-0.2, 0) is 16.6 Å². The van der Waals surface area contributed by atoms with Crippen LogP contribution >= 0.6 is 15.9 Å². The zero-order valence-electron chi connectivity index (χ0n) is 14.5. The summed E-state index contributed by atoms with van der Waals surface area (Å²) >= 11 is 3.20. The summed E-state index contributed by atoms with van der Waals surface area (Å²) in [5.41, 5.74) is 0.660. The van der Waals surface area contributed by atoms with Crippen LogP contribution in [-0.4, -0.2) is 31.7 Å². The molecule has 2 aromatic carbocycles. The third-order valence-electron chi connectivity index (χ3n) is 3.89. The van der Waals surface area contributed by atoms with Gasteiger partial charge in [0.2, 0.25) is 10.0 Å². The highest BCUT2D eigenvalue weighted by atomic mass is 79.9. The Bertz CT molecular complexity index is 882. The number of carbonyl (C=O) groups excluding carboxylic acids is 1. The molecule has 0 saturated heterocycles. The first-order chi connectivity index (χ1) is 12.3. The predicted octanol–water partition coefficient (Wildman–Crippen LogP) is 3.55. The van der Waals surface area contributed by atoms with Crippen molar-refractivity contribution in [3.63, 3.8) is 0 Å². The van der Waals surface area contributed by atoms with E-state index in [1.807, 2.05) is 0 Å². The summed E-state index contributed by atoms with van der Waals surface area (Å²) in [6, 6.07) is 10.4. The molecule has 0 aliphatic carbocycles. The quantitative estimate of drug-likeness (QED) is 0.712. The van der Waals surface area contributed by atoms with Gasteiger partial charge in [-0.2, -0.15) is 4.31 Å². The van der Waals surface area contributed by atoms with Crippen LogP contribution in [0.1, 0.15) is 29.8 Å². The van der Waals surface area contributed by atoms with E-state index < -0.39 is 21.7 Å². The molecule has 1 amide bonds. The van der Waals surface area contributed by atoms with Gasteiger partial charge in [0, 0.05) is 24.1 Å². The van der Waals surface area contributed by atoms with Gasteiger partial charge in [-0.1, -0.05) is 41.9 Å². The van der Waals surface area contributed by atoms with Gasteiger partial charge in [-0.15, -0.1) is 0 Å². The molecule has 0 aliphatic rings. The highest BCUT2D eigenvalue weighted by molar-refractivity contribution is 9.10. The van der Waals surface area contributed by atoms with Crippen molar-refractivity contribution < 1.29 is 17.6 Å². The molecule has 0 bridgehead atoms. The molecule has 26 heavy (non-hydrogen) atoms. The molecule has 5 nitrogen and oxygen atoms in total. The molecule has 0 aliphatic heterocycles. The fourth-order valence-corrected chi connectivity index (χ4v) is 4.26. The van der Waals surface area contributed by atoms with Crippen molar-refractivity contribution in [1.29, 1.82) is 0 Å². The lowest BCUT2D eigenvalue weighted by molar-refractivity contribution is 0.0946. The average Bonchev–Trinajstić information content (AvgIpc) is 2.63. The molecule has 0 atom stereocenters. The lowest BCUT2D eigenvalue weighted by Crippen LogP contribution is -2.30. The van der Waals surface area contributed by atoms with E-state index in [-0.39, 0.29) is 17.0 Å². The molecular formula is C18H20BrFN2O3S. The second-order valence-corrected chi connectivity index (χ2v) is 8.39. The van der Waals surface area contributed by atoms with Crippen molar-refractivity contribution in [2.75, 3.05) is 13.1 Å². The van der Waals surface area contributed by atoms with Gasteiger partial charge in [0.15, 0.2) is 0 Å². The molecule has 0 aromatic heterocycles. The van der Waals surface area contributed by atoms with Gasteiger partial charge in [0.05, 0.1) is 10.5 Å². The van der Waals surface area contributed by atoms with Crippen LogP contribution in [0.25, 0.3) is 0 Å². The van der Waals surface area contributed by atoms with Gasteiger partial charge in [-0.25, -0.2) is 12.8 Å². The summed E-state index contributed by atoms with van der Waals surface area (Å²) in [6.45, 7) is 4.53. The molecule has 8 heteroatoms. The Hall–Kier alpha value is -1.77. The maximum absolute atomic E-state index is 13.7. The molecular weight excluding hydrogens is 423 g/mol. The van der Waals surface area contributed by atoms with Crippen molar-refractivity contribution in [3.8, 4) is 0 Å². The zero-order chi connectivity index (χ0) is 19.3. The average molecular weight is 443 g/mol. The van der Waals surface area contributed by atoms with Gasteiger partial charge in [-0.05, 0) is 35.9 Å². The van der Waals surface area contributed by atoms with Crippen molar-refractivity contribution in [1.82, 2.24) is 9.62 Å². The third kappa shape index (κ3) is 4.69. The Balaban J connectivity index is 2.08. The second-order valence-electron chi connectivity index (χ2n) is 5.54. The first kappa shape index (κ1) is 20.5. The number of rotatable bonds is 7. The van der Waals surface area contributed by atoms with Crippen molar-refractivity contribution >= 4 is 31.9 Å². The molecule has 1 N–H and O–H groups in total. The fraction of sp³-hybridized carbons (Fsp3) is 0.278. The van der Waals surface area contributed by atoms with Crippen LogP contribution in [0.2, 0.25) is 0 Å². The smallest absolute Gasteiger partial charge is 0.254 e. The van der Waals surface area contributed by atoms with Crippen LogP contribution in [0.15, 0.2) is 51.8 Å².